The summed E-state index contributed by atoms with van der Waals surface area (Å²) in [6.07, 6.45) is 5.89. The third-order valence-electron chi connectivity index (χ3n) is 3.43. The number of carboxylic acids is 1. The lowest BCUT2D eigenvalue weighted by atomic mass is 10.1. The lowest BCUT2D eigenvalue weighted by Crippen LogP contribution is -2.24. The predicted molar refractivity (Wildman–Crippen MR) is 106 cm³/mol. The van der Waals surface area contributed by atoms with Gasteiger partial charge in [0.1, 0.15) is 16.0 Å². The van der Waals surface area contributed by atoms with E-state index in [2.05, 4.69) is 22.9 Å². The Balaban J connectivity index is 2.25. The molecule has 136 valence electrons. The van der Waals surface area contributed by atoms with Gasteiger partial charge < -0.3 is 5.11 Å². The zero-order chi connectivity index (χ0) is 19.1. The Bertz CT molecular complexity index is 857. The van der Waals surface area contributed by atoms with Gasteiger partial charge in [0, 0.05) is 11.6 Å². The Morgan fingerprint density at radius 1 is 1.50 bits per heavy atom. The Morgan fingerprint density at radius 2 is 2.27 bits per heavy atom. The van der Waals surface area contributed by atoms with E-state index in [1.807, 2.05) is 18.4 Å². The third kappa shape index (κ3) is 5.59. The summed E-state index contributed by atoms with van der Waals surface area (Å²) in [4.78, 5) is 15.8. The van der Waals surface area contributed by atoms with Gasteiger partial charge in [-0.25, -0.2) is 18.7 Å². The van der Waals surface area contributed by atoms with E-state index in [-0.39, 0.29) is 11.6 Å². The second kappa shape index (κ2) is 9.38. The van der Waals surface area contributed by atoms with Crippen LogP contribution in [0.3, 0.4) is 0 Å². The highest BCUT2D eigenvalue weighted by Gasteiger charge is 2.19. The number of carboxylic acid groups (broad SMARTS) is 1. The summed E-state index contributed by atoms with van der Waals surface area (Å²) in [5.74, 6) is -1.06. The van der Waals surface area contributed by atoms with E-state index in [1.54, 1.807) is 24.4 Å². The molecule has 0 aliphatic carbocycles. The summed E-state index contributed by atoms with van der Waals surface area (Å²) in [6.45, 7) is 9.59. The third-order valence-corrected chi connectivity index (χ3v) is 5.50. The Morgan fingerprint density at radius 3 is 2.85 bits per heavy atom. The molecule has 0 aliphatic heterocycles. The molecule has 0 fully saturated rings. The van der Waals surface area contributed by atoms with Gasteiger partial charge in [-0.05, 0) is 37.1 Å². The van der Waals surface area contributed by atoms with Gasteiger partial charge >= 0.3 is 5.97 Å². The summed E-state index contributed by atoms with van der Waals surface area (Å²) in [5.41, 5.74) is 1.94. The van der Waals surface area contributed by atoms with E-state index in [1.165, 1.54) is 23.5 Å². The number of carbonyl (C=O) groups is 1. The van der Waals surface area contributed by atoms with Crippen LogP contribution < -0.4 is 4.72 Å². The van der Waals surface area contributed by atoms with Gasteiger partial charge in [0.15, 0.2) is 0 Å². The topological polar surface area (TPSA) is 79.3 Å². The van der Waals surface area contributed by atoms with Crippen LogP contribution >= 0.6 is 11.3 Å². The lowest BCUT2D eigenvalue weighted by Gasteiger charge is -2.17. The van der Waals surface area contributed by atoms with Crippen molar-refractivity contribution < 1.29 is 14.1 Å². The molecule has 0 radical (unpaired) electrons. The van der Waals surface area contributed by atoms with Crippen LogP contribution in [0, 0.1) is 0 Å². The maximum Gasteiger partial charge on any atom is 0.335 e. The standard InChI is InChI=1S/C19H20N2O3S2/c1-4-14(10-13(2)3)11-17(18-20-8-9-25-18)21-26(24)16-7-5-6-15(12-16)19(22)23/h4-10,12,17,21H,1-2,11H2,3H3,(H,22,23)/b14-10+. The summed E-state index contributed by atoms with van der Waals surface area (Å²) in [7, 11) is -1.59. The molecule has 2 N–H and O–H groups in total. The van der Waals surface area contributed by atoms with Gasteiger partial charge in [-0.2, -0.15) is 0 Å². The molecular formula is C19H20N2O3S2. The van der Waals surface area contributed by atoms with Gasteiger partial charge in [0.05, 0.1) is 16.5 Å². The fraction of sp³-hybridized carbons (Fsp3) is 0.158. The number of thiazole rings is 1. The normalized spacial score (nSPS) is 13.8. The average molecular weight is 389 g/mol. The second-order valence-electron chi connectivity index (χ2n) is 5.62. The number of nitrogens with one attached hydrogen (secondary N) is 1. The number of aromatic carboxylic acids is 1. The number of aromatic nitrogens is 1. The minimum atomic E-state index is -1.59. The molecular weight excluding hydrogens is 368 g/mol. The van der Waals surface area contributed by atoms with Crippen molar-refractivity contribution in [2.75, 3.05) is 0 Å². The quantitative estimate of drug-likeness (QED) is 0.629. The summed E-state index contributed by atoms with van der Waals surface area (Å²) >= 11 is 1.46. The minimum Gasteiger partial charge on any atom is -0.478 e. The molecule has 0 bridgehead atoms. The molecule has 0 aliphatic rings. The maximum atomic E-state index is 12.7. The van der Waals surface area contributed by atoms with Crippen LogP contribution in [0.25, 0.3) is 0 Å². The Labute approximate surface area is 159 Å². The van der Waals surface area contributed by atoms with Gasteiger partial charge in [0.25, 0.3) is 0 Å². The number of hydrogen-bond acceptors (Lipinski definition) is 4. The van der Waals surface area contributed by atoms with Crippen LogP contribution in [0.5, 0.6) is 0 Å². The number of benzene rings is 1. The van der Waals surface area contributed by atoms with E-state index in [0.717, 1.165) is 16.2 Å². The van der Waals surface area contributed by atoms with Crippen LogP contribution in [-0.4, -0.2) is 20.3 Å². The fourth-order valence-electron chi connectivity index (χ4n) is 2.28. The molecule has 2 aromatic rings. The molecule has 1 aromatic carbocycles. The van der Waals surface area contributed by atoms with Crippen LogP contribution in [0.2, 0.25) is 0 Å². The molecule has 2 rings (SSSR count). The van der Waals surface area contributed by atoms with E-state index in [4.69, 9.17) is 5.11 Å². The van der Waals surface area contributed by atoms with Crippen LogP contribution in [0.4, 0.5) is 0 Å². The summed E-state index contributed by atoms with van der Waals surface area (Å²) < 4.78 is 15.8. The number of rotatable bonds is 9. The molecule has 1 heterocycles. The largest absolute Gasteiger partial charge is 0.478 e. The van der Waals surface area contributed by atoms with Crippen LogP contribution in [-0.2, 0) is 11.0 Å². The van der Waals surface area contributed by atoms with E-state index < -0.39 is 17.0 Å². The SMILES string of the molecule is C=C/C(=C\C(=C)C)CC(NS(=O)c1cccc(C(=O)O)c1)c1nccs1. The highest BCUT2D eigenvalue weighted by molar-refractivity contribution is 7.83. The molecule has 2 unspecified atom stereocenters. The molecule has 0 amide bonds. The second-order valence-corrected chi connectivity index (χ2v) is 7.79. The monoisotopic (exact) mass is 388 g/mol. The van der Waals surface area contributed by atoms with Crippen molar-refractivity contribution in [2.24, 2.45) is 0 Å². The predicted octanol–water partition coefficient (Wildman–Crippen LogP) is 4.27. The minimum absolute atomic E-state index is 0.0948. The van der Waals surface area contributed by atoms with Crippen molar-refractivity contribution in [3.8, 4) is 0 Å². The summed E-state index contributed by atoms with van der Waals surface area (Å²) in [6, 6.07) is 5.78. The fourth-order valence-corrected chi connectivity index (χ4v) is 4.07. The van der Waals surface area contributed by atoms with Crippen LogP contribution in [0.15, 0.2) is 77.2 Å². The highest BCUT2D eigenvalue weighted by Crippen LogP contribution is 2.25. The Kier molecular flexibility index (Phi) is 7.20. The molecule has 0 spiro atoms. The smallest absolute Gasteiger partial charge is 0.335 e. The molecule has 7 heteroatoms. The van der Waals surface area contributed by atoms with E-state index >= 15 is 0 Å². The first-order valence-corrected chi connectivity index (χ1v) is 9.83. The molecule has 5 nitrogen and oxygen atoms in total. The molecule has 0 saturated carbocycles. The zero-order valence-electron chi connectivity index (χ0n) is 14.3. The van der Waals surface area contributed by atoms with E-state index in [0.29, 0.717) is 11.3 Å². The number of allylic oxidation sites excluding steroid dienone is 3. The Hall–Kier alpha value is -2.35. The van der Waals surface area contributed by atoms with Crippen LogP contribution in [0.1, 0.15) is 34.8 Å². The lowest BCUT2D eigenvalue weighted by molar-refractivity contribution is 0.0696. The van der Waals surface area contributed by atoms with Gasteiger partial charge in [-0.1, -0.05) is 36.9 Å². The van der Waals surface area contributed by atoms with Gasteiger partial charge in [-0.15, -0.1) is 11.3 Å². The molecule has 26 heavy (non-hydrogen) atoms. The average Bonchev–Trinajstić information content (AvgIpc) is 3.14. The molecule has 0 saturated heterocycles. The van der Waals surface area contributed by atoms with E-state index in [9.17, 15) is 9.00 Å². The van der Waals surface area contributed by atoms with Crippen molar-refractivity contribution in [3.63, 3.8) is 0 Å². The first-order chi connectivity index (χ1) is 12.4. The van der Waals surface area contributed by atoms with Crippen molar-refractivity contribution in [3.05, 3.63) is 82.9 Å². The first-order valence-electron chi connectivity index (χ1n) is 7.80. The van der Waals surface area contributed by atoms with Crippen molar-refractivity contribution in [1.29, 1.82) is 0 Å². The van der Waals surface area contributed by atoms with Crippen molar-refractivity contribution >= 4 is 28.3 Å². The molecule has 2 atom stereocenters. The molecule has 1 aromatic heterocycles. The van der Waals surface area contributed by atoms with Gasteiger partial charge in [0.2, 0.25) is 0 Å². The maximum absolute atomic E-state index is 12.7. The van der Waals surface area contributed by atoms with Crippen molar-refractivity contribution in [1.82, 2.24) is 9.71 Å². The first kappa shape index (κ1) is 20.0. The van der Waals surface area contributed by atoms with Crippen molar-refractivity contribution in [2.45, 2.75) is 24.3 Å². The number of hydrogen-bond donors (Lipinski definition) is 2. The number of nitrogens with zero attached hydrogens (tertiary/aromatic N) is 1. The summed E-state index contributed by atoms with van der Waals surface area (Å²) in [5, 5.41) is 11.8. The van der Waals surface area contributed by atoms with Gasteiger partial charge in [-0.3, -0.25) is 0 Å². The highest BCUT2D eigenvalue weighted by atomic mass is 32.2. The zero-order valence-corrected chi connectivity index (χ0v) is 16.0.